The van der Waals surface area contributed by atoms with Crippen LogP contribution in [-0.4, -0.2) is 80.2 Å². The summed E-state index contributed by atoms with van der Waals surface area (Å²) in [5.74, 6) is -0.741. The van der Waals surface area contributed by atoms with E-state index in [9.17, 15) is 19.5 Å². The molecule has 2 aliphatic rings. The van der Waals surface area contributed by atoms with Crippen LogP contribution in [0.25, 0.3) is 16.2 Å². The van der Waals surface area contributed by atoms with Crippen molar-refractivity contribution in [2.75, 3.05) is 38.2 Å². The quantitative estimate of drug-likeness (QED) is 0.539. The normalized spacial score (nSPS) is 18.5. The van der Waals surface area contributed by atoms with E-state index in [-0.39, 0.29) is 28.9 Å². The van der Waals surface area contributed by atoms with Gasteiger partial charge in [-0.3, -0.25) is 14.2 Å². The first kappa shape index (κ1) is 23.4. The molecule has 0 bridgehead atoms. The fourth-order valence-corrected chi connectivity index (χ4v) is 5.20. The number of rotatable bonds is 6. The number of nitrogens with zero attached hydrogens (tertiary/aromatic N) is 6. The Morgan fingerprint density at radius 2 is 2.11 bits per heavy atom. The van der Waals surface area contributed by atoms with Gasteiger partial charge in [-0.05, 0) is 37.8 Å². The number of aromatic carboxylic acids is 1. The molecule has 0 saturated carbocycles. The third kappa shape index (κ3) is 4.39. The van der Waals surface area contributed by atoms with Gasteiger partial charge in [0.05, 0.1) is 17.4 Å². The average Bonchev–Trinajstić information content (AvgIpc) is 3.33. The van der Waals surface area contributed by atoms with E-state index in [1.54, 1.807) is 17.9 Å². The molecule has 0 spiro atoms. The van der Waals surface area contributed by atoms with Crippen molar-refractivity contribution >= 4 is 40.3 Å². The van der Waals surface area contributed by atoms with Gasteiger partial charge >= 0.3 is 5.97 Å². The molecule has 12 heteroatoms. The predicted octanol–water partition coefficient (Wildman–Crippen LogP) is 1.71. The van der Waals surface area contributed by atoms with Crippen molar-refractivity contribution in [3.8, 4) is 5.13 Å². The van der Waals surface area contributed by atoms with Crippen LogP contribution in [0.5, 0.6) is 0 Å². The molecule has 1 amide bonds. The van der Waals surface area contributed by atoms with Crippen LogP contribution in [0.2, 0.25) is 0 Å². The monoisotopic (exact) mass is 498 g/mol. The molecule has 0 aromatic carbocycles. The molecule has 0 radical (unpaired) electrons. The number of carboxylic acids is 1. The van der Waals surface area contributed by atoms with Crippen molar-refractivity contribution < 1.29 is 19.4 Å². The summed E-state index contributed by atoms with van der Waals surface area (Å²) in [4.78, 5) is 50.1. The van der Waals surface area contributed by atoms with Gasteiger partial charge in [-0.2, -0.15) is 4.37 Å². The molecule has 11 nitrogen and oxygen atoms in total. The zero-order chi connectivity index (χ0) is 24.7. The van der Waals surface area contributed by atoms with Crippen LogP contribution in [-0.2, 0) is 9.53 Å². The summed E-state index contributed by atoms with van der Waals surface area (Å²) in [6.45, 7) is 4.15. The fraction of sp³-hybridized carbons (Fsp3) is 0.478. The summed E-state index contributed by atoms with van der Waals surface area (Å²) in [6.07, 6.45) is 5.90. The van der Waals surface area contributed by atoms with Crippen molar-refractivity contribution in [1.29, 1.82) is 0 Å². The molecule has 2 fully saturated rings. The maximum Gasteiger partial charge on any atom is 0.341 e. The number of likely N-dealkylation sites (N-methyl/N-ethyl adjacent to an activating group) is 1. The van der Waals surface area contributed by atoms with Gasteiger partial charge in [0, 0.05) is 51.0 Å². The van der Waals surface area contributed by atoms with Gasteiger partial charge in [0.2, 0.25) is 16.5 Å². The van der Waals surface area contributed by atoms with Crippen LogP contribution >= 0.6 is 11.5 Å². The van der Waals surface area contributed by atoms with Gasteiger partial charge < -0.3 is 19.6 Å². The Hall–Kier alpha value is -3.38. The topological polar surface area (TPSA) is 131 Å². The Balaban J connectivity index is 1.40. The number of anilines is 1. The maximum absolute atomic E-state index is 12.9. The maximum atomic E-state index is 12.9. The first-order valence-electron chi connectivity index (χ1n) is 11.5. The Kier molecular flexibility index (Phi) is 6.24. The summed E-state index contributed by atoms with van der Waals surface area (Å²) < 4.78 is 11.2. The number of hydrogen-bond acceptors (Lipinski definition) is 9. The summed E-state index contributed by atoms with van der Waals surface area (Å²) in [5, 5.41) is 10.2. The lowest BCUT2D eigenvalue weighted by molar-refractivity contribution is -0.137. The van der Waals surface area contributed by atoms with Crippen molar-refractivity contribution in [2.24, 2.45) is 5.92 Å². The number of hydrogen-bond donors (Lipinski definition) is 1. The smallest absolute Gasteiger partial charge is 0.341 e. The number of carbonyl (C=O) groups is 2. The Bertz CT molecular complexity index is 1330. The van der Waals surface area contributed by atoms with Gasteiger partial charge in [0.25, 0.3) is 0 Å². The summed E-state index contributed by atoms with van der Waals surface area (Å²) >= 11 is 1.07. The van der Waals surface area contributed by atoms with Gasteiger partial charge in [0.15, 0.2) is 5.65 Å². The van der Waals surface area contributed by atoms with E-state index < -0.39 is 11.4 Å². The van der Waals surface area contributed by atoms with Gasteiger partial charge in [0.1, 0.15) is 17.7 Å². The Morgan fingerprint density at radius 3 is 2.77 bits per heavy atom. The molecule has 3 aromatic heterocycles. The average molecular weight is 499 g/mol. The van der Waals surface area contributed by atoms with Crippen LogP contribution in [0.3, 0.4) is 0 Å². The van der Waals surface area contributed by atoms with Gasteiger partial charge in [-0.15, -0.1) is 0 Å². The fourth-order valence-electron chi connectivity index (χ4n) is 4.69. The predicted molar refractivity (Wildman–Crippen MR) is 129 cm³/mol. The SMILES string of the molecule is Cc1cc(N2CC(C(=O)N(C)CC3CCCCO3)C2)nc2c1c(=O)c(C(=O)O)cn2-c1ncns1. The lowest BCUT2D eigenvalue weighted by atomic mass is 9.97. The van der Waals surface area contributed by atoms with Crippen LogP contribution in [0.4, 0.5) is 5.82 Å². The number of aromatic nitrogens is 4. The summed E-state index contributed by atoms with van der Waals surface area (Å²) in [7, 11) is 1.82. The van der Waals surface area contributed by atoms with E-state index in [4.69, 9.17) is 9.72 Å². The number of fused-ring (bicyclic) bond motifs is 1. The highest BCUT2D eigenvalue weighted by Crippen LogP contribution is 2.29. The zero-order valence-corrected chi connectivity index (χ0v) is 20.3. The van der Waals surface area contributed by atoms with Crippen molar-refractivity contribution in [3.63, 3.8) is 0 Å². The highest BCUT2D eigenvalue weighted by molar-refractivity contribution is 7.08. The number of amides is 1. The molecule has 5 heterocycles. The van der Waals surface area contributed by atoms with E-state index >= 15 is 0 Å². The summed E-state index contributed by atoms with van der Waals surface area (Å²) in [6, 6.07) is 1.76. The van der Waals surface area contributed by atoms with Gasteiger partial charge in [-0.1, -0.05) is 0 Å². The Morgan fingerprint density at radius 1 is 1.31 bits per heavy atom. The molecule has 0 aliphatic carbocycles. The van der Waals surface area contributed by atoms with Crippen LogP contribution in [0, 0.1) is 12.8 Å². The Labute approximate surface area is 205 Å². The number of aryl methyl sites for hydroxylation is 1. The second-order valence-corrected chi connectivity index (χ2v) is 9.83. The second kappa shape index (κ2) is 9.34. The highest BCUT2D eigenvalue weighted by Gasteiger charge is 2.36. The first-order chi connectivity index (χ1) is 16.8. The van der Waals surface area contributed by atoms with E-state index in [1.807, 2.05) is 11.9 Å². The molecule has 1 N–H and O–H groups in total. The molecule has 3 aromatic rings. The van der Waals surface area contributed by atoms with Crippen LogP contribution in [0.1, 0.15) is 35.2 Å². The molecule has 35 heavy (non-hydrogen) atoms. The third-order valence-electron chi connectivity index (χ3n) is 6.61. The minimum Gasteiger partial charge on any atom is -0.477 e. The molecule has 5 rings (SSSR count). The number of carboxylic acid groups (broad SMARTS) is 1. The first-order valence-corrected chi connectivity index (χ1v) is 12.3. The van der Waals surface area contributed by atoms with Crippen molar-refractivity contribution in [2.45, 2.75) is 32.3 Å². The van der Waals surface area contributed by atoms with Crippen molar-refractivity contribution in [3.05, 3.63) is 39.9 Å². The highest BCUT2D eigenvalue weighted by atomic mass is 32.1. The summed E-state index contributed by atoms with van der Waals surface area (Å²) in [5.41, 5.74) is -0.0243. The number of pyridine rings is 2. The van der Waals surface area contributed by atoms with E-state index in [1.165, 1.54) is 17.1 Å². The number of ether oxygens (including phenoxy) is 1. The molecular weight excluding hydrogens is 472 g/mol. The molecule has 2 aliphatic heterocycles. The minimum atomic E-state index is -1.31. The standard InChI is InChI=1S/C23H26N6O5S/c1-13-7-17(28-8-14(9-28)21(31)27(2)10-15-5-3-4-6-34-15)26-20-18(13)19(30)16(22(32)33)11-29(20)23-24-12-25-35-23/h7,11-12,14-15H,3-6,8-10H2,1-2H3,(H,32,33). The number of carbonyl (C=O) groups excluding carboxylic acids is 1. The lowest BCUT2D eigenvalue weighted by Gasteiger charge is -2.41. The lowest BCUT2D eigenvalue weighted by Crippen LogP contribution is -2.55. The van der Waals surface area contributed by atoms with Crippen molar-refractivity contribution in [1.82, 2.24) is 23.8 Å². The van der Waals surface area contributed by atoms with E-state index in [2.05, 4.69) is 9.36 Å². The zero-order valence-electron chi connectivity index (χ0n) is 19.5. The molecule has 2 saturated heterocycles. The third-order valence-corrected chi connectivity index (χ3v) is 7.28. The largest absolute Gasteiger partial charge is 0.477 e. The molecule has 1 atom stereocenters. The van der Waals surface area contributed by atoms with Gasteiger partial charge in [-0.25, -0.2) is 14.8 Å². The van der Waals surface area contributed by atoms with E-state index in [0.29, 0.717) is 41.8 Å². The van der Waals surface area contributed by atoms with Crippen LogP contribution < -0.4 is 10.3 Å². The molecule has 184 valence electrons. The molecule has 1 unspecified atom stereocenters. The van der Waals surface area contributed by atoms with E-state index in [0.717, 1.165) is 37.4 Å². The molecular formula is C23H26N6O5S. The second-order valence-electron chi connectivity index (χ2n) is 9.08. The minimum absolute atomic E-state index is 0.0878. The van der Waals surface area contributed by atoms with Crippen LogP contribution in [0.15, 0.2) is 23.4 Å².